The van der Waals surface area contributed by atoms with Crippen molar-refractivity contribution < 1.29 is 9.30 Å². The molecule has 0 radical (unpaired) electrons. The number of fused-ring (bicyclic) bond motifs is 7. The van der Waals surface area contributed by atoms with E-state index in [0.29, 0.717) is 35.6 Å². The Bertz CT molecular complexity index is 1310. The first kappa shape index (κ1) is 21.5. The summed E-state index contributed by atoms with van der Waals surface area (Å²) in [6.07, 6.45) is 26.9. The molecule has 0 bridgehead atoms. The summed E-state index contributed by atoms with van der Waals surface area (Å²) in [6, 6.07) is 0.388. The van der Waals surface area contributed by atoms with E-state index in [9.17, 15) is 0 Å². The van der Waals surface area contributed by atoms with Crippen LogP contribution in [0.1, 0.15) is 63.8 Å². The van der Waals surface area contributed by atoms with Crippen LogP contribution in [0.15, 0.2) is 71.6 Å². The van der Waals surface area contributed by atoms with Gasteiger partial charge in [0.25, 0.3) is 5.82 Å². The molecule has 0 saturated carbocycles. The first-order valence-electron chi connectivity index (χ1n) is 13.7. The minimum atomic E-state index is 0.204. The fourth-order valence-corrected chi connectivity index (χ4v) is 7.48. The average molecular weight is 466 g/mol. The molecule has 5 atom stereocenters. The van der Waals surface area contributed by atoms with Crippen LogP contribution in [0.4, 0.5) is 0 Å². The molecule has 180 valence electrons. The van der Waals surface area contributed by atoms with E-state index < -0.39 is 0 Å². The molecule has 35 heavy (non-hydrogen) atoms. The van der Waals surface area contributed by atoms with E-state index in [1.54, 1.807) is 16.8 Å². The number of imidazole rings is 1. The Labute approximate surface area is 209 Å². The lowest BCUT2D eigenvalue weighted by atomic mass is 9.76. The molecule has 6 aliphatic rings. The van der Waals surface area contributed by atoms with Crippen LogP contribution in [0, 0.1) is 29.6 Å². The van der Waals surface area contributed by atoms with E-state index in [1.165, 1.54) is 22.9 Å². The van der Waals surface area contributed by atoms with Crippen LogP contribution in [0.5, 0.6) is 0 Å². The number of hydrogen-bond acceptors (Lipinski definition) is 1. The number of allylic oxidation sites excluding steroid dienone is 11. The van der Waals surface area contributed by atoms with Crippen LogP contribution in [-0.4, -0.2) is 10.7 Å². The Balaban J connectivity index is 1.40. The van der Waals surface area contributed by atoms with Crippen molar-refractivity contribution in [3.8, 4) is 0 Å². The number of nitrogens with zero attached hydrogens (tertiary/aromatic N) is 2. The van der Waals surface area contributed by atoms with Crippen molar-refractivity contribution in [3.05, 3.63) is 88.8 Å². The summed E-state index contributed by atoms with van der Waals surface area (Å²) in [6.45, 7) is 10.5. The Hall–Kier alpha value is -2.81. The van der Waals surface area contributed by atoms with E-state index in [-0.39, 0.29) is 6.10 Å². The maximum atomic E-state index is 6.45. The number of hydrogen-bond donors (Lipinski definition) is 0. The lowest BCUT2D eigenvalue weighted by molar-refractivity contribution is -0.687. The smallest absolute Gasteiger partial charge is 0.286 e. The zero-order valence-electron chi connectivity index (χ0n) is 21.4. The Morgan fingerprint density at radius 1 is 1.06 bits per heavy atom. The molecule has 0 aromatic carbocycles. The van der Waals surface area contributed by atoms with Gasteiger partial charge in [-0.1, -0.05) is 70.2 Å². The van der Waals surface area contributed by atoms with E-state index in [2.05, 4.69) is 97.6 Å². The summed E-state index contributed by atoms with van der Waals surface area (Å²) in [5.74, 6) is 5.22. The van der Waals surface area contributed by atoms with Crippen LogP contribution in [0.25, 0.3) is 11.6 Å². The lowest BCUT2D eigenvalue weighted by Crippen LogP contribution is -2.37. The molecular weight excluding hydrogens is 428 g/mol. The minimum absolute atomic E-state index is 0.204. The summed E-state index contributed by atoms with van der Waals surface area (Å²) in [4.78, 5) is 0. The van der Waals surface area contributed by atoms with Crippen molar-refractivity contribution in [2.75, 3.05) is 0 Å². The molecule has 5 unspecified atom stereocenters. The van der Waals surface area contributed by atoms with Gasteiger partial charge < -0.3 is 4.74 Å². The molecule has 0 amide bonds. The minimum Gasteiger partial charge on any atom is -0.490 e. The summed E-state index contributed by atoms with van der Waals surface area (Å²) in [7, 11) is 0. The first-order valence-corrected chi connectivity index (χ1v) is 13.7. The fraction of sp³-hybridized carbons (Fsp3) is 0.469. The average Bonchev–Trinajstić information content (AvgIpc) is 3.50. The van der Waals surface area contributed by atoms with Gasteiger partial charge in [0.15, 0.2) is 11.4 Å². The van der Waals surface area contributed by atoms with Crippen molar-refractivity contribution in [2.24, 2.45) is 29.6 Å². The van der Waals surface area contributed by atoms with Crippen molar-refractivity contribution >= 4 is 11.6 Å². The van der Waals surface area contributed by atoms with Crippen molar-refractivity contribution in [2.45, 2.75) is 65.6 Å². The Morgan fingerprint density at radius 3 is 2.74 bits per heavy atom. The molecule has 3 heteroatoms. The number of ether oxygens (including phenoxy) is 1. The highest BCUT2D eigenvalue weighted by molar-refractivity contribution is 5.71. The molecule has 3 nitrogen and oxygen atoms in total. The zero-order chi connectivity index (χ0) is 23.8. The summed E-state index contributed by atoms with van der Waals surface area (Å²) in [5, 5.41) is 0. The van der Waals surface area contributed by atoms with E-state index in [4.69, 9.17) is 4.74 Å². The molecule has 0 spiro atoms. The molecule has 1 saturated heterocycles. The van der Waals surface area contributed by atoms with Crippen LogP contribution < -0.4 is 4.57 Å². The van der Waals surface area contributed by atoms with Crippen LogP contribution >= 0.6 is 0 Å². The quantitative estimate of drug-likeness (QED) is 0.465. The highest BCUT2D eigenvalue weighted by Gasteiger charge is 2.49. The maximum Gasteiger partial charge on any atom is 0.286 e. The van der Waals surface area contributed by atoms with Gasteiger partial charge >= 0.3 is 0 Å². The molecule has 1 aromatic heterocycles. The third-order valence-electron chi connectivity index (χ3n) is 9.18. The molecule has 1 fully saturated rings. The topological polar surface area (TPSA) is 18.0 Å². The molecule has 1 aromatic rings. The molecule has 4 aliphatic carbocycles. The van der Waals surface area contributed by atoms with Crippen LogP contribution in [-0.2, 0) is 17.7 Å². The summed E-state index contributed by atoms with van der Waals surface area (Å²) < 4.78 is 11.9. The first-order chi connectivity index (χ1) is 17.0. The van der Waals surface area contributed by atoms with Crippen LogP contribution in [0.2, 0.25) is 0 Å². The van der Waals surface area contributed by atoms with Crippen molar-refractivity contribution in [1.29, 1.82) is 0 Å². The molecule has 3 heterocycles. The van der Waals surface area contributed by atoms with Crippen molar-refractivity contribution in [1.82, 2.24) is 4.57 Å². The van der Waals surface area contributed by atoms with Gasteiger partial charge in [-0.25, -0.2) is 9.13 Å². The van der Waals surface area contributed by atoms with Crippen molar-refractivity contribution in [3.63, 3.8) is 0 Å². The van der Waals surface area contributed by atoms with Gasteiger partial charge in [-0.2, -0.15) is 0 Å². The third-order valence-corrected chi connectivity index (χ3v) is 9.18. The monoisotopic (exact) mass is 465 g/mol. The lowest BCUT2D eigenvalue weighted by Gasteiger charge is -2.33. The molecule has 7 rings (SSSR count). The number of aromatic nitrogens is 2. The Kier molecular flexibility index (Phi) is 4.81. The standard InChI is InChI=1S/C32H37N2O/c1-19(2)22-11-9-12-23(20(3)4)31(22)34-28-14-7-6-13-27(28)33-18-21-16-30-26(17-25(21)32(33)34)24-10-5-8-15-29(24)35-30/h5-6,8-13,15-16,19-20,22,24,26,29,31H,7,14,17-18H2,1-4H3/q+1. The van der Waals surface area contributed by atoms with Gasteiger partial charge in [0.1, 0.15) is 24.4 Å². The molecule has 2 aliphatic heterocycles. The van der Waals surface area contributed by atoms with Gasteiger partial charge in [0.05, 0.1) is 0 Å². The zero-order valence-corrected chi connectivity index (χ0v) is 21.4. The van der Waals surface area contributed by atoms with Gasteiger partial charge in [-0.3, -0.25) is 0 Å². The van der Waals surface area contributed by atoms with E-state index >= 15 is 0 Å². The van der Waals surface area contributed by atoms with Gasteiger partial charge in [-0.05, 0) is 48.5 Å². The molecule has 0 N–H and O–H groups in total. The number of rotatable bonds is 3. The second-order valence-corrected chi connectivity index (χ2v) is 11.8. The SMILES string of the molecule is CC(C)C1=CC=CC(C(C)C)C1n1c2c([n+]3c1C1=C(C=C4OC5C=CC=CC5C4C1)C3)C=CCC2. The highest BCUT2D eigenvalue weighted by atomic mass is 16.5. The van der Waals surface area contributed by atoms with Crippen LogP contribution in [0.3, 0.4) is 0 Å². The summed E-state index contributed by atoms with van der Waals surface area (Å²) in [5.41, 5.74) is 7.59. The van der Waals surface area contributed by atoms with Gasteiger partial charge in [0.2, 0.25) is 0 Å². The Morgan fingerprint density at radius 2 is 1.91 bits per heavy atom. The predicted octanol–water partition coefficient (Wildman–Crippen LogP) is 6.51. The third kappa shape index (κ3) is 3.06. The highest BCUT2D eigenvalue weighted by Crippen LogP contribution is 2.51. The van der Waals surface area contributed by atoms with E-state index in [0.717, 1.165) is 25.8 Å². The second kappa shape index (κ2) is 7.85. The maximum absolute atomic E-state index is 6.45. The summed E-state index contributed by atoms with van der Waals surface area (Å²) >= 11 is 0. The molecular formula is C32H37N2O+. The normalized spacial score (nSPS) is 31.8. The van der Waals surface area contributed by atoms with Gasteiger partial charge in [0, 0.05) is 35.3 Å². The predicted molar refractivity (Wildman–Crippen MR) is 141 cm³/mol. The second-order valence-electron chi connectivity index (χ2n) is 11.8. The fourth-order valence-electron chi connectivity index (χ4n) is 7.48. The van der Waals surface area contributed by atoms with Gasteiger partial charge in [-0.15, -0.1) is 0 Å². The van der Waals surface area contributed by atoms with E-state index in [1.807, 2.05) is 0 Å². The largest absolute Gasteiger partial charge is 0.490 e.